The number of anilines is 1. The number of carboxylic acid groups (broad SMARTS) is 1. The summed E-state index contributed by atoms with van der Waals surface area (Å²) in [4.78, 5) is 35.2. The molecule has 4 rings (SSSR count). The molecule has 0 saturated carbocycles. The fraction of sp³-hybridized carbons (Fsp3) is 0.381. The number of nitrogens with zero attached hydrogens (tertiary/aromatic N) is 4. The number of carboxylic acids is 1. The molecule has 3 heterocycles. The number of aryl methyl sites for hydroxylation is 1. The van der Waals surface area contributed by atoms with Gasteiger partial charge < -0.3 is 30.7 Å². The molecule has 1 aliphatic heterocycles. The van der Waals surface area contributed by atoms with Crippen molar-refractivity contribution in [1.82, 2.24) is 24.8 Å². The van der Waals surface area contributed by atoms with Crippen LogP contribution in [-0.4, -0.2) is 76.7 Å². The highest BCUT2D eigenvalue weighted by molar-refractivity contribution is 8.13. The highest BCUT2D eigenvalue weighted by Gasteiger charge is 2.44. The van der Waals surface area contributed by atoms with E-state index in [4.69, 9.17) is 9.84 Å². The summed E-state index contributed by atoms with van der Waals surface area (Å²) in [6.07, 6.45) is -1.57. The van der Waals surface area contributed by atoms with E-state index in [1.165, 1.54) is 22.8 Å². The van der Waals surface area contributed by atoms with Crippen LogP contribution >= 0.6 is 11.8 Å². The molecular formula is C21H24N6O6S. The topological polar surface area (TPSA) is 172 Å². The summed E-state index contributed by atoms with van der Waals surface area (Å²) in [5.74, 6) is -0.631. The van der Waals surface area contributed by atoms with Crippen molar-refractivity contribution >= 4 is 40.0 Å². The lowest BCUT2D eigenvalue weighted by Gasteiger charge is -2.16. The van der Waals surface area contributed by atoms with Crippen LogP contribution in [0.4, 0.5) is 10.6 Å². The number of aliphatic hydroxyl groups is 2. The number of aromatic nitrogens is 4. The Labute approximate surface area is 198 Å². The van der Waals surface area contributed by atoms with Crippen molar-refractivity contribution in [2.24, 2.45) is 0 Å². The fourth-order valence-corrected chi connectivity index (χ4v) is 4.28. The second kappa shape index (κ2) is 10.3. The maximum Gasteiger partial charge on any atom is 0.323 e. The lowest BCUT2D eigenvalue weighted by molar-refractivity contribution is -0.135. The van der Waals surface area contributed by atoms with Gasteiger partial charge in [-0.1, -0.05) is 41.6 Å². The zero-order valence-electron chi connectivity index (χ0n) is 18.2. The van der Waals surface area contributed by atoms with Gasteiger partial charge in [0.1, 0.15) is 25.1 Å². The highest BCUT2D eigenvalue weighted by atomic mass is 32.2. The van der Waals surface area contributed by atoms with Crippen LogP contribution < -0.4 is 10.6 Å². The summed E-state index contributed by atoms with van der Waals surface area (Å²) in [6, 6.07) is 8.08. The summed E-state index contributed by atoms with van der Waals surface area (Å²) in [6.45, 7) is 2.04. The number of fused-ring (bicyclic) bond motifs is 1. The number of thioether (sulfide) groups is 1. The van der Waals surface area contributed by atoms with Gasteiger partial charge in [0, 0.05) is 12.3 Å². The molecule has 0 aliphatic carbocycles. The van der Waals surface area contributed by atoms with Gasteiger partial charge in [-0.3, -0.25) is 14.2 Å². The Morgan fingerprint density at radius 3 is 2.65 bits per heavy atom. The van der Waals surface area contributed by atoms with Crippen LogP contribution in [0.25, 0.3) is 11.2 Å². The molecule has 0 radical (unpaired) electrons. The number of amides is 1. The van der Waals surface area contributed by atoms with E-state index >= 15 is 0 Å². The monoisotopic (exact) mass is 488 g/mol. The number of benzene rings is 1. The Morgan fingerprint density at radius 1 is 1.15 bits per heavy atom. The van der Waals surface area contributed by atoms with Crippen LogP contribution in [0.5, 0.6) is 0 Å². The minimum absolute atomic E-state index is 0.0190. The Hall–Kier alpha value is -3.26. The third-order valence-corrected chi connectivity index (χ3v) is 6.22. The van der Waals surface area contributed by atoms with E-state index in [-0.39, 0.29) is 5.75 Å². The van der Waals surface area contributed by atoms with E-state index in [0.29, 0.717) is 23.5 Å². The molecular weight excluding hydrogens is 464 g/mol. The third-order valence-electron chi connectivity index (χ3n) is 5.31. The van der Waals surface area contributed by atoms with E-state index in [9.17, 15) is 19.8 Å². The van der Waals surface area contributed by atoms with Crippen molar-refractivity contribution in [2.45, 2.75) is 38.0 Å². The predicted molar refractivity (Wildman–Crippen MR) is 123 cm³/mol. The molecule has 12 nitrogen and oxygen atoms in total. The number of carbonyl (C=O) groups is 2. The molecule has 34 heavy (non-hydrogen) atoms. The van der Waals surface area contributed by atoms with Gasteiger partial charge in [0.25, 0.3) is 5.24 Å². The Bertz CT molecular complexity index is 1170. The molecule has 180 valence electrons. The summed E-state index contributed by atoms with van der Waals surface area (Å²) >= 11 is 0.762. The lowest BCUT2D eigenvalue weighted by Crippen LogP contribution is -2.33. The van der Waals surface area contributed by atoms with Crippen LogP contribution in [0.1, 0.15) is 17.4 Å². The summed E-state index contributed by atoms with van der Waals surface area (Å²) in [5, 5.41) is 34.5. The normalized spacial score (nSPS) is 22.1. The van der Waals surface area contributed by atoms with Gasteiger partial charge in [-0.05, 0) is 12.5 Å². The van der Waals surface area contributed by atoms with Gasteiger partial charge in [-0.15, -0.1) is 0 Å². The highest BCUT2D eigenvalue weighted by Crippen LogP contribution is 2.33. The molecule has 1 fully saturated rings. The van der Waals surface area contributed by atoms with Crippen LogP contribution in [-0.2, 0) is 16.1 Å². The average molecular weight is 489 g/mol. The van der Waals surface area contributed by atoms with Crippen molar-refractivity contribution in [1.29, 1.82) is 0 Å². The van der Waals surface area contributed by atoms with E-state index in [1.807, 2.05) is 31.2 Å². The van der Waals surface area contributed by atoms with Crippen molar-refractivity contribution in [3.05, 3.63) is 48.0 Å². The summed E-state index contributed by atoms with van der Waals surface area (Å²) < 4.78 is 7.33. The van der Waals surface area contributed by atoms with E-state index in [0.717, 1.165) is 17.3 Å². The first-order chi connectivity index (χ1) is 16.3. The van der Waals surface area contributed by atoms with Crippen LogP contribution in [0.2, 0.25) is 0 Å². The number of ether oxygens (including phenoxy) is 1. The number of aliphatic hydroxyl groups excluding tert-OH is 2. The minimum atomic E-state index is -1.29. The second-order valence-electron chi connectivity index (χ2n) is 7.78. The number of aliphatic carboxylic acids is 1. The molecule has 1 aromatic carbocycles. The maximum absolute atomic E-state index is 11.7. The summed E-state index contributed by atoms with van der Waals surface area (Å²) in [5.41, 5.74) is 3.12. The number of imidazole rings is 1. The smallest absolute Gasteiger partial charge is 0.323 e. The number of carbonyl (C=O) groups excluding carboxylic acids is 1. The zero-order chi connectivity index (χ0) is 24.2. The molecule has 4 atom stereocenters. The van der Waals surface area contributed by atoms with Crippen molar-refractivity contribution in [3.8, 4) is 0 Å². The molecule has 1 saturated heterocycles. The first-order valence-corrected chi connectivity index (χ1v) is 11.4. The van der Waals surface area contributed by atoms with E-state index < -0.39 is 42.3 Å². The van der Waals surface area contributed by atoms with Gasteiger partial charge in [0.05, 0.1) is 12.4 Å². The fourth-order valence-electron chi connectivity index (χ4n) is 3.51. The van der Waals surface area contributed by atoms with Gasteiger partial charge in [-0.2, -0.15) is 0 Å². The first kappa shape index (κ1) is 23.9. The van der Waals surface area contributed by atoms with E-state index in [2.05, 4.69) is 25.6 Å². The van der Waals surface area contributed by atoms with E-state index in [1.54, 1.807) is 0 Å². The standard InChI is InChI=1S/C21H24N6O6S/c1-11-2-4-12(5-3-11)6-22-18-15-19(25-9-24-18)27(10-26-15)20-17(31)16(30)13(33-20)8-34-21(32)23-7-14(28)29/h2-5,9-10,13,16-17,20,30-31H,6-8H2,1H3,(H,23,32)(H,28,29)(H,22,24,25)/t13-,16+,17?,20-/m1/s1. The maximum atomic E-state index is 11.7. The average Bonchev–Trinajstić information content (AvgIpc) is 3.37. The largest absolute Gasteiger partial charge is 0.480 e. The van der Waals surface area contributed by atoms with Crippen molar-refractivity contribution in [3.63, 3.8) is 0 Å². The van der Waals surface area contributed by atoms with Crippen LogP contribution in [0.15, 0.2) is 36.9 Å². The molecule has 3 aromatic rings. The van der Waals surface area contributed by atoms with Crippen molar-refractivity contribution < 1.29 is 29.6 Å². The van der Waals surface area contributed by atoms with Crippen LogP contribution in [0, 0.1) is 6.92 Å². The number of hydrogen-bond acceptors (Lipinski definition) is 10. The number of nitrogens with one attached hydrogen (secondary N) is 2. The SMILES string of the molecule is Cc1ccc(CNc2ncnc3c2ncn3[C@@H]2O[C@H](CSC(=O)NCC(=O)O)[C@H](O)C2O)cc1. The van der Waals surface area contributed by atoms with Gasteiger partial charge in [0.2, 0.25) is 0 Å². The van der Waals surface area contributed by atoms with Crippen molar-refractivity contribution in [2.75, 3.05) is 17.6 Å². The first-order valence-electron chi connectivity index (χ1n) is 10.4. The second-order valence-corrected chi connectivity index (χ2v) is 8.77. The predicted octanol–water partition coefficient (Wildman–Crippen LogP) is 0.893. The molecule has 1 unspecified atom stereocenters. The Kier molecular flexibility index (Phi) is 7.26. The summed E-state index contributed by atoms with van der Waals surface area (Å²) in [7, 11) is 0. The lowest BCUT2D eigenvalue weighted by atomic mass is 10.1. The Morgan fingerprint density at radius 2 is 1.91 bits per heavy atom. The minimum Gasteiger partial charge on any atom is -0.480 e. The molecule has 5 N–H and O–H groups in total. The molecule has 0 bridgehead atoms. The van der Waals surface area contributed by atoms with Gasteiger partial charge in [0.15, 0.2) is 23.2 Å². The molecule has 13 heteroatoms. The quantitative estimate of drug-likeness (QED) is 0.305. The van der Waals surface area contributed by atoms with Crippen LogP contribution in [0.3, 0.4) is 0 Å². The molecule has 2 aromatic heterocycles. The molecule has 0 spiro atoms. The third kappa shape index (κ3) is 5.28. The molecule has 1 amide bonds. The number of hydrogen-bond donors (Lipinski definition) is 5. The van der Waals surface area contributed by atoms with Gasteiger partial charge >= 0.3 is 5.97 Å². The Balaban J connectivity index is 1.44. The zero-order valence-corrected chi connectivity index (χ0v) is 19.0. The number of rotatable bonds is 8. The molecule has 1 aliphatic rings. The van der Waals surface area contributed by atoms with Gasteiger partial charge in [-0.25, -0.2) is 15.0 Å².